The molecule has 1 aliphatic rings. The largest absolute Gasteiger partial charge is 0.361 e. The number of para-hydroxylation sites is 1. The van der Waals surface area contributed by atoms with Crippen LogP contribution in [0.5, 0.6) is 0 Å². The highest BCUT2D eigenvalue weighted by Crippen LogP contribution is 2.30. The van der Waals surface area contributed by atoms with Crippen molar-refractivity contribution in [2.75, 3.05) is 6.54 Å². The third kappa shape index (κ3) is 3.11. The number of carbonyl (C=O) groups is 1. The molecule has 6 nitrogen and oxygen atoms in total. The first kappa shape index (κ1) is 16.8. The van der Waals surface area contributed by atoms with Gasteiger partial charge < -0.3 is 14.5 Å². The fourth-order valence-electron chi connectivity index (χ4n) is 3.99. The fraction of sp³-hybridized carbons (Fsp3) is 0.450. The second kappa shape index (κ2) is 7.32. The number of rotatable bonds is 5. The molecular weight excluding hydrogens is 326 g/mol. The van der Waals surface area contributed by atoms with Crippen molar-refractivity contribution < 1.29 is 4.79 Å². The summed E-state index contributed by atoms with van der Waals surface area (Å²) >= 11 is 0. The van der Waals surface area contributed by atoms with Gasteiger partial charge in [0.15, 0.2) is 5.82 Å². The minimum absolute atomic E-state index is 0.0571. The van der Waals surface area contributed by atoms with Crippen LogP contribution in [0.15, 0.2) is 36.8 Å². The number of aromatic nitrogens is 4. The Balaban J connectivity index is 1.49. The zero-order chi connectivity index (χ0) is 17.9. The van der Waals surface area contributed by atoms with E-state index >= 15 is 0 Å². The number of aromatic amines is 1. The van der Waals surface area contributed by atoms with Crippen LogP contribution in [0.3, 0.4) is 0 Å². The smallest absolute Gasteiger partial charge is 0.223 e. The van der Waals surface area contributed by atoms with E-state index in [1.807, 2.05) is 23.2 Å². The van der Waals surface area contributed by atoms with Crippen molar-refractivity contribution in [2.24, 2.45) is 0 Å². The van der Waals surface area contributed by atoms with Crippen LogP contribution in [0.4, 0.5) is 0 Å². The molecule has 1 aliphatic heterocycles. The van der Waals surface area contributed by atoms with Crippen LogP contribution < -0.4 is 0 Å². The number of likely N-dealkylation sites (tertiary alicyclic amines) is 1. The summed E-state index contributed by atoms with van der Waals surface area (Å²) in [6.45, 7) is 3.73. The molecule has 3 heterocycles. The SMILES string of the molecule is CCn1cnnc1[C@@H]1CCCCN1C(=O)CCc1c[nH]c2ccccc12. The van der Waals surface area contributed by atoms with Gasteiger partial charge in [0.25, 0.3) is 0 Å². The van der Waals surface area contributed by atoms with E-state index in [1.165, 1.54) is 10.9 Å². The minimum Gasteiger partial charge on any atom is -0.361 e. The normalized spacial score (nSPS) is 17.7. The van der Waals surface area contributed by atoms with E-state index in [2.05, 4.69) is 38.8 Å². The Morgan fingerprint density at radius 1 is 1.31 bits per heavy atom. The molecule has 26 heavy (non-hydrogen) atoms. The second-order valence-electron chi connectivity index (χ2n) is 6.93. The Kier molecular flexibility index (Phi) is 4.73. The molecule has 1 N–H and O–H groups in total. The topological polar surface area (TPSA) is 66.8 Å². The highest BCUT2D eigenvalue weighted by atomic mass is 16.2. The number of nitrogens with zero attached hydrogens (tertiary/aromatic N) is 4. The number of piperidine rings is 1. The first-order valence-corrected chi connectivity index (χ1v) is 9.50. The highest BCUT2D eigenvalue weighted by Gasteiger charge is 2.30. The summed E-state index contributed by atoms with van der Waals surface area (Å²) in [6.07, 6.45) is 8.24. The predicted molar refractivity (Wildman–Crippen MR) is 101 cm³/mol. The molecule has 1 fully saturated rings. The molecule has 136 valence electrons. The molecule has 2 aromatic heterocycles. The zero-order valence-electron chi connectivity index (χ0n) is 15.2. The Morgan fingerprint density at radius 3 is 3.08 bits per heavy atom. The zero-order valence-corrected chi connectivity index (χ0v) is 15.2. The molecule has 1 amide bonds. The van der Waals surface area contributed by atoms with E-state index in [4.69, 9.17) is 0 Å². The van der Waals surface area contributed by atoms with Crippen LogP contribution >= 0.6 is 0 Å². The van der Waals surface area contributed by atoms with Crippen molar-refractivity contribution in [1.82, 2.24) is 24.6 Å². The van der Waals surface area contributed by atoms with Gasteiger partial charge in [0, 0.05) is 36.6 Å². The molecule has 3 aromatic rings. The standard InChI is InChI=1S/C20H25N5O/c1-2-24-14-22-23-20(24)18-9-5-6-12-25(18)19(26)11-10-15-13-21-17-8-4-3-7-16(15)17/h3-4,7-8,13-14,18,21H,2,5-6,9-12H2,1H3/t18-/m0/s1. The Labute approximate surface area is 153 Å². The summed E-state index contributed by atoms with van der Waals surface area (Å²) in [4.78, 5) is 18.3. The molecule has 4 rings (SSSR count). The summed E-state index contributed by atoms with van der Waals surface area (Å²) in [6, 6.07) is 8.30. The summed E-state index contributed by atoms with van der Waals surface area (Å²) in [5.41, 5.74) is 2.33. The van der Waals surface area contributed by atoms with E-state index < -0.39 is 0 Å². The maximum atomic E-state index is 13.0. The Hall–Kier alpha value is -2.63. The molecule has 0 spiro atoms. The number of carbonyl (C=O) groups excluding carboxylic acids is 1. The molecule has 0 unspecified atom stereocenters. The van der Waals surface area contributed by atoms with E-state index in [9.17, 15) is 4.79 Å². The van der Waals surface area contributed by atoms with Gasteiger partial charge in [-0.25, -0.2) is 0 Å². The number of nitrogens with one attached hydrogen (secondary N) is 1. The van der Waals surface area contributed by atoms with Crippen molar-refractivity contribution >= 4 is 16.8 Å². The fourth-order valence-corrected chi connectivity index (χ4v) is 3.99. The number of hydrogen-bond acceptors (Lipinski definition) is 3. The first-order chi connectivity index (χ1) is 12.8. The van der Waals surface area contributed by atoms with Crippen LogP contribution in [-0.2, 0) is 17.8 Å². The lowest BCUT2D eigenvalue weighted by atomic mass is 10.00. The monoisotopic (exact) mass is 351 g/mol. The van der Waals surface area contributed by atoms with E-state index in [0.29, 0.717) is 6.42 Å². The third-order valence-corrected chi connectivity index (χ3v) is 5.39. The maximum Gasteiger partial charge on any atom is 0.223 e. The third-order valence-electron chi connectivity index (χ3n) is 5.39. The van der Waals surface area contributed by atoms with E-state index in [0.717, 1.165) is 50.1 Å². The number of aryl methyl sites for hydroxylation is 2. The lowest BCUT2D eigenvalue weighted by Gasteiger charge is -2.35. The summed E-state index contributed by atoms with van der Waals surface area (Å²) < 4.78 is 2.05. The lowest BCUT2D eigenvalue weighted by Crippen LogP contribution is -2.39. The van der Waals surface area contributed by atoms with Crippen LogP contribution in [0, 0.1) is 0 Å². The van der Waals surface area contributed by atoms with Crippen molar-refractivity contribution in [3.63, 3.8) is 0 Å². The maximum absolute atomic E-state index is 13.0. The molecule has 0 saturated carbocycles. The summed E-state index contributed by atoms with van der Waals surface area (Å²) in [5, 5.41) is 9.57. The second-order valence-corrected chi connectivity index (χ2v) is 6.93. The first-order valence-electron chi connectivity index (χ1n) is 9.50. The van der Waals surface area contributed by atoms with Crippen molar-refractivity contribution in [1.29, 1.82) is 0 Å². The number of amides is 1. The quantitative estimate of drug-likeness (QED) is 0.765. The number of H-pyrrole nitrogens is 1. The van der Waals surface area contributed by atoms with Crippen LogP contribution in [0.25, 0.3) is 10.9 Å². The molecule has 1 aromatic carbocycles. The van der Waals surface area contributed by atoms with Crippen molar-refractivity contribution in [2.45, 2.75) is 51.6 Å². The lowest BCUT2D eigenvalue weighted by molar-refractivity contribution is -0.135. The molecular formula is C20H25N5O. The predicted octanol–water partition coefficient (Wildman–Crippen LogP) is 3.47. The van der Waals surface area contributed by atoms with Gasteiger partial charge in [0.1, 0.15) is 6.33 Å². The van der Waals surface area contributed by atoms with Gasteiger partial charge in [0.2, 0.25) is 5.91 Å². The van der Waals surface area contributed by atoms with Gasteiger partial charge in [-0.1, -0.05) is 18.2 Å². The average Bonchev–Trinajstić information content (AvgIpc) is 3.33. The summed E-state index contributed by atoms with van der Waals surface area (Å²) in [5.74, 6) is 1.14. The van der Waals surface area contributed by atoms with Gasteiger partial charge in [-0.15, -0.1) is 10.2 Å². The van der Waals surface area contributed by atoms with E-state index in [-0.39, 0.29) is 11.9 Å². The minimum atomic E-state index is 0.0571. The van der Waals surface area contributed by atoms with Gasteiger partial charge >= 0.3 is 0 Å². The van der Waals surface area contributed by atoms with Crippen LogP contribution in [-0.4, -0.2) is 37.1 Å². The van der Waals surface area contributed by atoms with Gasteiger partial charge in [-0.2, -0.15) is 0 Å². The van der Waals surface area contributed by atoms with Crippen molar-refractivity contribution in [3.8, 4) is 0 Å². The number of benzene rings is 1. The average molecular weight is 351 g/mol. The van der Waals surface area contributed by atoms with Gasteiger partial charge in [-0.05, 0) is 44.2 Å². The molecule has 1 saturated heterocycles. The van der Waals surface area contributed by atoms with Gasteiger partial charge in [0.05, 0.1) is 6.04 Å². The van der Waals surface area contributed by atoms with Crippen LogP contribution in [0.1, 0.15) is 50.0 Å². The van der Waals surface area contributed by atoms with Gasteiger partial charge in [-0.3, -0.25) is 4.79 Å². The molecule has 6 heteroatoms. The molecule has 1 atom stereocenters. The molecule has 0 aliphatic carbocycles. The Morgan fingerprint density at radius 2 is 2.19 bits per heavy atom. The van der Waals surface area contributed by atoms with Crippen LogP contribution in [0.2, 0.25) is 0 Å². The molecule has 0 bridgehead atoms. The Bertz CT molecular complexity index is 896. The number of hydrogen-bond donors (Lipinski definition) is 1. The summed E-state index contributed by atoms with van der Waals surface area (Å²) in [7, 11) is 0. The van der Waals surface area contributed by atoms with Crippen molar-refractivity contribution in [3.05, 3.63) is 48.2 Å². The highest BCUT2D eigenvalue weighted by molar-refractivity contribution is 5.84. The molecule has 0 radical (unpaired) electrons. The number of fused-ring (bicyclic) bond motifs is 1. The van der Waals surface area contributed by atoms with E-state index in [1.54, 1.807) is 6.33 Å².